The van der Waals surface area contributed by atoms with Crippen LogP contribution in [-0.4, -0.2) is 75.7 Å². The Morgan fingerprint density at radius 2 is 1.81 bits per heavy atom. The fourth-order valence-corrected chi connectivity index (χ4v) is 5.12. The van der Waals surface area contributed by atoms with E-state index in [1.54, 1.807) is 6.20 Å². The maximum atomic E-state index is 12.4. The quantitative estimate of drug-likeness (QED) is 0.343. The number of nitrogens with zero attached hydrogens (tertiary/aromatic N) is 5. The molecule has 5 rings (SSSR count). The standard InChI is InChI=1S/C28H31N5O2S/c1-31(21-24-9-5-8-23-7-2-3-11-26(23)24)20-22-6-4-10-25(18-22)35-17-16-32-12-14-33(15-13-32)28(34)27-19-29-36-30-27/h2-11,18-19H,12-17,20-21H2,1H3. The first-order chi connectivity index (χ1) is 17.7. The number of hydrogen-bond donors (Lipinski definition) is 0. The van der Waals surface area contributed by atoms with Gasteiger partial charge >= 0.3 is 0 Å². The molecular weight excluding hydrogens is 470 g/mol. The van der Waals surface area contributed by atoms with Gasteiger partial charge in [-0.3, -0.25) is 14.6 Å². The number of aromatic nitrogens is 2. The van der Waals surface area contributed by atoms with E-state index in [0.29, 0.717) is 25.4 Å². The molecule has 1 saturated heterocycles. The van der Waals surface area contributed by atoms with Crippen LogP contribution in [0.2, 0.25) is 0 Å². The molecule has 186 valence electrons. The summed E-state index contributed by atoms with van der Waals surface area (Å²) in [6, 6.07) is 23.4. The van der Waals surface area contributed by atoms with Crippen LogP contribution in [0.25, 0.3) is 10.8 Å². The van der Waals surface area contributed by atoms with Crippen molar-refractivity contribution in [1.29, 1.82) is 0 Å². The second-order valence-electron chi connectivity index (χ2n) is 9.23. The normalized spacial score (nSPS) is 14.4. The van der Waals surface area contributed by atoms with E-state index in [9.17, 15) is 4.79 Å². The van der Waals surface area contributed by atoms with Crippen LogP contribution in [0.5, 0.6) is 5.75 Å². The van der Waals surface area contributed by atoms with Gasteiger partial charge in [0.25, 0.3) is 5.91 Å². The van der Waals surface area contributed by atoms with Gasteiger partial charge in [0.05, 0.1) is 17.9 Å². The SMILES string of the molecule is CN(Cc1cccc(OCCN2CCN(C(=O)c3cnsn3)CC2)c1)Cc1cccc2ccccc12. The molecule has 1 amide bonds. The number of amides is 1. The lowest BCUT2D eigenvalue weighted by Gasteiger charge is -2.34. The van der Waals surface area contributed by atoms with Crippen molar-refractivity contribution >= 4 is 28.4 Å². The summed E-state index contributed by atoms with van der Waals surface area (Å²) in [6.07, 6.45) is 1.54. The Balaban J connectivity index is 1.08. The van der Waals surface area contributed by atoms with Crippen molar-refractivity contribution in [3.8, 4) is 5.75 Å². The zero-order chi connectivity index (χ0) is 24.7. The Hall–Kier alpha value is -3.33. The number of carbonyl (C=O) groups excluding carboxylic acids is 1. The van der Waals surface area contributed by atoms with Gasteiger partial charge in [0.2, 0.25) is 0 Å². The molecule has 1 fully saturated rings. The molecule has 1 aromatic heterocycles. The second kappa shape index (κ2) is 11.6. The lowest BCUT2D eigenvalue weighted by atomic mass is 10.0. The summed E-state index contributed by atoms with van der Waals surface area (Å²) in [6.45, 7) is 6.29. The molecule has 3 aromatic carbocycles. The fourth-order valence-electron chi connectivity index (χ4n) is 4.71. The van der Waals surface area contributed by atoms with Crippen LogP contribution in [0, 0.1) is 0 Å². The second-order valence-corrected chi connectivity index (χ2v) is 9.79. The number of fused-ring (bicyclic) bond motifs is 1. The molecule has 0 radical (unpaired) electrons. The van der Waals surface area contributed by atoms with Gasteiger partial charge in [-0.1, -0.05) is 54.6 Å². The highest BCUT2D eigenvalue weighted by atomic mass is 32.1. The molecule has 0 N–H and O–H groups in total. The van der Waals surface area contributed by atoms with Gasteiger partial charge in [0, 0.05) is 45.8 Å². The molecule has 0 spiro atoms. The minimum absolute atomic E-state index is 0.0260. The molecule has 0 saturated carbocycles. The third kappa shape index (κ3) is 6.07. The molecule has 1 aliphatic heterocycles. The Labute approximate surface area is 216 Å². The number of carbonyl (C=O) groups is 1. The van der Waals surface area contributed by atoms with E-state index in [0.717, 1.165) is 50.2 Å². The van der Waals surface area contributed by atoms with Gasteiger partial charge in [0.15, 0.2) is 5.69 Å². The lowest BCUT2D eigenvalue weighted by molar-refractivity contribution is 0.0615. The first kappa shape index (κ1) is 24.4. The average molecular weight is 502 g/mol. The van der Waals surface area contributed by atoms with Gasteiger partial charge in [-0.2, -0.15) is 8.75 Å². The number of piperazine rings is 1. The van der Waals surface area contributed by atoms with E-state index in [1.807, 2.05) is 11.0 Å². The van der Waals surface area contributed by atoms with Crippen LogP contribution in [0.15, 0.2) is 72.9 Å². The van der Waals surface area contributed by atoms with Crippen LogP contribution >= 0.6 is 11.7 Å². The van der Waals surface area contributed by atoms with E-state index >= 15 is 0 Å². The molecular formula is C28H31N5O2S. The highest BCUT2D eigenvalue weighted by molar-refractivity contribution is 6.99. The van der Waals surface area contributed by atoms with Gasteiger partial charge in [0.1, 0.15) is 12.4 Å². The monoisotopic (exact) mass is 501 g/mol. The van der Waals surface area contributed by atoms with Crippen LogP contribution in [0.3, 0.4) is 0 Å². The number of benzene rings is 3. The van der Waals surface area contributed by atoms with Crippen LogP contribution in [-0.2, 0) is 13.1 Å². The molecule has 8 heteroatoms. The summed E-state index contributed by atoms with van der Waals surface area (Å²) >= 11 is 1.07. The smallest absolute Gasteiger partial charge is 0.275 e. The van der Waals surface area contributed by atoms with E-state index in [4.69, 9.17) is 4.74 Å². The maximum absolute atomic E-state index is 12.4. The molecule has 4 aromatic rings. The van der Waals surface area contributed by atoms with E-state index < -0.39 is 0 Å². The van der Waals surface area contributed by atoms with Gasteiger partial charge < -0.3 is 9.64 Å². The average Bonchev–Trinajstić information content (AvgIpc) is 3.44. The van der Waals surface area contributed by atoms with Crippen molar-refractivity contribution < 1.29 is 9.53 Å². The van der Waals surface area contributed by atoms with Crippen molar-refractivity contribution in [3.05, 3.63) is 89.7 Å². The molecule has 0 aliphatic carbocycles. The van der Waals surface area contributed by atoms with Crippen molar-refractivity contribution in [3.63, 3.8) is 0 Å². The maximum Gasteiger partial charge on any atom is 0.275 e. The van der Waals surface area contributed by atoms with Crippen molar-refractivity contribution in [1.82, 2.24) is 23.4 Å². The van der Waals surface area contributed by atoms with Crippen molar-refractivity contribution in [2.45, 2.75) is 13.1 Å². The van der Waals surface area contributed by atoms with Gasteiger partial charge in [-0.25, -0.2) is 0 Å². The predicted molar refractivity (Wildman–Crippen MR) is 143 cm³/mol. The van der Waals surface area contributed by atoms with Gasteiger partial charge in [-0.05, 0) is 41.1 Å². The molecule has 2 heterocycles. The molecule has 0 atom stereocenters. The minimum Gasteiger partial charge on any atom is -0.492 e. The number of hydrogen-bond acceptors (Lipinski definition) is 7. The first-order valence-electron chi connectivity index (χ1n) is 12.3. The van der Waals surface area contributed by atoms with E-state index in [-0.39, 0.29) is 5.91 Å². The summed E-state index contributed by atoms with van der Waals surface area (Å²) in [5.74, 6) is 0.873. The fraction of sp³-hybridized carbons (Fsp3) is 0.321. The third-order valence-corrected chi connectivity index (χ3v) is 7.07. The van der Waals surface area contributed by atoms with Crippen LogP contribution in [0.4, 0.5) is 0 Å². The molecule has 0 unspecified atom stereocenters. The van der Waals surface area contributed by atoms with Crippen molar-refractivity contribution in [2.75, 3.05) is 46.4 Å². The summed E-state index contributed by atoms with van der Waals surface area (Å²) in [5.41, 5.74) is 3.02. The molecule has 0 bridgehead atoms. The molecule has 7 nitrogen and oxygen atoms in total. The number of rotatable bonds is 9. The highest BCUT2D eigenvalue weighted by Gasteiger charge is 2.23. The Bertz CT molecular complexity index is 1280. The topological polar surface area (TPSA) is 61.8 Å². The van der Waals surface area contributed by atoms with Crippen LogP contribution in [0.1, 0.15) is 21.6 Å². The summed E-state index contributed by atoms with van der Waals surface area (Å²) in [5, 5.41) is 2.60. The first-order valence-corrected chi connectivity index (χ1v) is 13.0. The zero-order valence-electron chi connectivity index (χ0n) is 20.5. The van der Waals surface area contributed by atoms with E-state index in [2.05, 4.69) is 86.3 Å². The van der Waals surface area contributed by atoms with Gasteiger partial charge in [-0.15, -0.1) is 0 Å². The lowest BCUT2D eigenvalue weighted by Crippen LogP contribution is -2.49. The highest BCUT2D eigenvalue weighted by Crippen LogP contribution is 2.21. The Morgan fingerprint density at radius 3 is 2.64 bits per heavy atom. The third-order valence-electron chi connectivity index (χ3n) is 6.59. The largest absolute Gasteiger partial charge is 0.492 e. The summed E-state index contributed by atoms with van der Waals surface area (Å²) in [4.78, 5) is 18.9. The predicted octanol–water partition coefficient (Wildman–Crippen LogP) is 4.16. The molecule has 1 aliphatic rings. The minimum atomic E-state index is -0.0260. The molecule has 36 heavy (non-hydrogen) atoms. The van der Waals surface area contributed by atoms with E-state index in [1.165, 1.54) is 21.9 Å². The summed E-state index contributed by atoms with van der Waals surface area (Å²) < 4.78 is 14.1. The Kier molecular flexibility index (Phi) is 7.85. The number of ether oxygens (including phenoxy) is 1. The Morgan fingerprint density at radius 1 is 1.00 bits per heavy atom. The zero-order valence-corrected chi connectivity index (χ0v) is 21.4. The summed E-state index contributed by atoms with van der Waals surface area (Å²) in [7, 11) is 2.16. The van der Waals surface area contributed by atoms with Crippen LogP contribution < -0.4 is 4.74 Å². The van der Waals surface area contributed by atoms with Crippen molar-refractivity contribution in [2.24, 2.45) is 0 Å².